The third-order valence-electron chi connectivity index (χ3n) is 1.89. The highest BCUT2D eigenvalue weighted by Gasteiger charge is 2.24. The smallest absolute Gasteiger partial charge is 0.449 e. The molecule has 14 heavy (non-hydrogen) atoms. The highest BCUT2D eigenvalue weighted by molar-refractivity contribution is 14.1. The van der Waals surface area contributed by atoms with Crippen molar-refractivity contribution in [3.05, 3.63) is 26.8 Å². The summed E-state index contributed by atoms with van der Waals surface area (Å²) < 4.78 is 37.5. The number of benzene rings is 1. The summed E-state index contributed by atoms with van der Waals surface area (Å²) in [6.45, 7) is -3.07. The quantitative estimate of drug-likeness (QED) is 0.476. The molecular weight excluding hydrogens is 323 g/mol. The van der Waals surface area contributed by atoms with E-state index in [2.05, 4.69) is 12.6 Å². The molecule has 0 atom stereocenters. The van der Waals surface area contributed by atoms with Crippen LogP contribution >= 0.6 is 35.2 Å². The summed E-state index contributed by atoms with van der Waals surface area (Å²) in [5, 5.41) is 0. The monoisotopic (exact) mass is 331 g/mol. The van der Waals surface area contributed by atoms with E-state index in [0.29, 0.717) is 16.0 Å². The lowest BCUT2D eigenvalue weighted by atomic mass is 9.80. The standard InChI is InChI=1S/C8H8BF3IS/c1-5-6(4-9(10,11)12)2-7(14)3-8(5)13/h2-3,14H,4H2,1H3/q-1. The van der Waals surface area contributed by atoms with Crippen LogP contribution in [0.5, 0.6) is 0 Å². The molecule has 0 nitrogen and oxygen atoms in total. The second-order valence-electron chi connectivity index (χ2n) is 3.13. The van der Waals surface area contributed by atoms with Gasteiger partial charge in [0.15, 0.2) is 0 Å². The summed E-state index contributed by atoms with van der Waals surface area (Å²) >= 11 is 6.07. The van der Waals surface area contributed by atoms with Crippen molar-refractivity contribution in [1.29, 1.82) is 0 Å². The summed E-state index contributed by atoms with van der Waals surface area (Å²) in [6, 6.07) is 3.24. The van der Waals surface area contributed by atoms with Crippen LogP contribution in [-0.4, -0.2) is 6.98 Å². The third kappa shape index (κ3) is 3.38. The van der Waals surface area contributed by atoms with Crippen LogP contribution in [0.3, 0.4) is 0 Å². The molecule has 0 aliphatic heterocycles. The first-order valence-electron chi connectivity index (χ1n) is 3.98. The van der Waals surface area contributed by atoms with Gasteiger partial charge in [-0.3, -0.25) is 0 Å². The number of hydrogen-bond donors (Lipinski definition) is 1. The zero-order chi connectivity index (χ0) is 10.9. The van der Waals surface area contributed by atoms with E-state index < -0.39 is 13.3 Å². The van der Waals surface area contributed by atoms with Gasteiger partial charge in [0.1, 0.15) is 0 Å². The average Bonchev–Trinajstić information content (AvgIpc) is 1.96. The minimum Gasteiger partial charge on any atom is -0.449 e. The first kappa shape index (κ1) is 12.2. The fraction of sp³-hybridized carbons (Fsp3) is 0.250. The molecule has 0 fully saturated rings. The highest BCUT2D eigenvalue weighted by Crippen LogP contribution is 2.25. The van der Waals surface area contributed by atoms with E-state index in [1.807, 2.05) is 22.6 Å². The summed E-state index contributed by atoms with van der Waals surface area (Å²) in [7, 11) is 0. The summed E-state index contributed by atoms with van der Waals surface area (Å²) in [5.41, 5.74) is 1.03. The number of thiol groups is 1. The Morgan fingerprint density at radius 2 is 1.93 bits per heavy atom. The van der Waals surface area contributed by atoms with E-state index >= 15 is 0 Å². The van der Waals surface area contributed by atoms with Crippen molar-refractivity contribution in [2.45, 2.75) is 18.1 Å². The van der Waals surface area contributed by atoms with Gasteiger partial charge >= 0.3 is 6.98 Å². The Balaban J connectivity index is 3.09. The number of rotatable bonds is 2. The maximum Gasteiger partial charge on any atom is 0.482 e. The van der Waals surface area contributed by atoms with Crippen LogP contribution in [0.2, 0.25) is 0 Å². The topological polar surface area (TPSA) is 0 Å². The molecular formula is C8H8BF3IS-. The van der Waals surface area contributed by atoms with Gasteiger partial charge < -0.3 is 12.9 Å². The van der Waals surface area contributed by atoms with Crippen molar-refractivity contribution >= 4 is 42.2 Å². The van der Waals surface area contributed by atoms with Crippen molar-refractivity contribution in [3.8, 4) is 0 Å². The molecule has 0 spiro atoms. The molecule has 0 N–H and O–H groups in total. The van der Waals surface area contributed by atoms with Crippen LogP contribution < -0.4 is 0 Å². The van der Waals surface area contributed by atoms with Gasteiger partial charge in [0, 0.05) is 8.47 Å². The van der Waals surface area contributed by atoms with E-state index in [9.17, 15) is 12.9 Å². The number of halogens is 4. The molecule has 0 aromatic heterocycles. The highest BCUT2D eigenvalue weighted by atomic mass is 127. The van der Waals surface area contributed by atoms with E-state index in [1.54, 1.807) is 13.0 Å². The Labute approximate surface area is 99.9 Å². The van der Waals surface area contributed by atoms with Gasteiger partial charge in [0.2, 0.25) is 0 Å². The van der Waals surface area contributed by atoms with Crippen molar-refractivity contribution in [3.63, 3.8) is 0 Å². The van der Waals surface area contributed by atoms with Gasteiger partial charge in [0.05, 0.1) is 0 Å². The van der Waals surface area contributed by atoms with Crippen LogP contribution in [0.1, 0.15) is 11.1 Å². The number of hydrogen-bond acceptors (Lipinski definition) is 1. The maximum atomic E-state index is 12.2. The lowest BCUT2D eigenvalue weighted by molar-refractivity contribution is 0.468. The van der Waals surface area contributed by atoms with Crippen molar-refractivity contribution in [2.24, 2.45) is 0 Å². The predicted octanol–water partition coefficient (Wildman–Crippen LogP) is 3.82. The van der Waals surface area contributed by atoms with Gasteiger partial charge in [-0.25, -0.2) is 0 Å². The fourth-order valence-electron chi connectivity index (χ4n) is 1.18. The SMILES string of the molecule is Cc1c(I)cc(S)cc1C[B-](F)(F)F. The Kier molecular flexibility index (Phi) is 3.79. The van der Waals surface area contributed by atoms with Gasteiger partial charge in [-0.15, -0.1) is 12.6 Å². The van der Waals surface area contributed by atoms with Crippen LogP contribution in [-0.2, 0) is 6.32 Å². The normalized spacial score (nSPS) is 11.9. The van der Waals surface area contributed by atoms with Crippen LogP contribution in [0.15, 0.2) is 17.0 Å². The van der Waals surface area contributed by atoms with E-state index in [-0.39, 0.29) is 0 Å². The Morgan fingerprint density at radius 1 is 1.36 bits per heavy atom. The average molecular weight is 331 g/mol. The molecule has 6 heteroatoms. The Bertz CT molecular complexity index is 351. The molecule has 0 amide bonds. The molecule has 0 saturated heterocycles. The lowest BCUT2D eigenvalue weighted by Crippen LogP contribution is -2.20. The Morgan fingerprint density at radius 3 is 2.43 bits per heavy atom. The van der Waals surface area contributed by atoms with E-state index in [0.717, 1.165) is 3.57 Å². The zero-order valence-corrected chi connectivity index (χ0v) is 10.5. The molecule has 0 unspecified atom stereocenters. The second-order valence-corrected chi connectivity index (χ2v) is 4.80. The van der Waals surface area contributed by atoms with Gasteiger partial charge in [-0.05, 0) is 47.2 Å². The third-order valence-corrected chi connectivity index (χ3v) is 3.27. The molecule has 0 saturated carbocycles. The first-order chi connectivity index (χ1) is 6.29. The fourth-order valence-corrected chi connectivity index (χ4v) is 2.39. The molecule has 78 valence electrons. The van der Waals surface area contributed by atoms with Crippen LogP contribution in [0.4, 0.5) is 12.9 Å². The van der Waals surface area contributed by atoms with Gasteiger partial charge in [-0.2, -0.15) is 0 Å². The molecule has 1 rings (SSSR count). The lowest BCUT2D eigenvalue weighted by Gasteiger charge is -2.16. The van der Waals surface area contributed by atoms with Crippen molar-refractivity contribution < 1.29 is 12.9 Å². The largest absolute Gasteiger partial charge is 0.482 e. The molecule has 0 aliphatic carbocycles. The zero-order valence-electron chi connectivity index (χ0n) is 7.40. The molecule has 0 bridgehead atoms. The summed E-state index contributed by atoms with van der Waals surface area (Å²) in [6.07, 6.45) is -0.823. The summed E-state index contributed by atoms with van der Waals surface area (Å²) in [5.74, 6) is 0. The second kappa shape index (κ2) is 4.34. The first-order valence-corrected chi connectivity index (χ1v) is 5.51. The molecule has 0 heterocycles. The Hall–Kier alpha value is 0.155. The minimum absolute atomic E-state index is 0.328. The van der Waals surface area contributed by atoms with Gasteiger partial charge in [-0.1, -0.05) is 11.9 Å². The maximum absolute atomic E-state index is 12.2. The van der Waals surface area contributed by atoms with Crippen LogP contribution in [0, 0.1) is 10.5 Å². The van der Waals surface area contributed by atoms with Gasteiger partial charge in [0.25, 0.3) is 0 Å². The molecule has 1 aromatic rings. The predicted molar refractivity (Wildman–Crippen MR) is 63.9 cm³/mol. The van der Waals surface area contributed by atoms with Crippen molar-refractivity contribution in [1.82, 2.24) is 0 Å². The summed E-state index contributed by atoms with van der Waals surface area (Å²) in [4.78, 5) is 0.579. The molecule has 0 aliphatic rings. The van der Waals surface area contributed by atoms with E-state index in [4.69, 9.17) is 0 Å². The minimum atomic E-state index is -4.77. The molecule has 0 radical (unpaired) electrons. The molecule has 1 aromatic carbocycles. The van der Waals surface area contributed by atoms with Crippen LogP contribution in [0.25, 0.3) is 0 Å². The van der Waals surface area contributed by atoms with E-state index in [1.165, 1.54) is 6.07 Å². The van der Waals surface area contributed by atoms with Crippen molar-refractivity contribution in [2.75, 3.05) is 0 Å².